The average Bonchev–Trinajstić information content (AvgIpc) is 2.47. The van der Waals surface area contributed by atoms with Crippen LogP contribution in [0, 0.1) is 6.92 Å². The summed E-state index contributed by atoms with van der Waals surface area (Å²) in [5.41, 5.74) is 3.93. The molecular weight excluding hydrogens is 252 g/mol. The van der Waals surface area contributed by atoms with Gasteiger partial charge in [-0.05, 0) is 31.9 Å². The van der Waals surface area contributed by atoms with Gasteiger partial charge in [-0.1, -0.05) is 0 Å². The molecule has 0 saturated heterocycles. The second-order valence-electron chi connectivity index (χ2n) is 5.29. The summed E-state index contributed by atoms with van der Waals surface area (Å²) in [5, 5.41) is 0. The molecule has 5 nitrogen and oxygen atoms in total. The quantitative estimate of drug-likeness (QED) is 0.900. The smallest absolute Gasteiger partial charge is 0.252 e. The van der Waals surface area contributed by atoms with Crippen molar-refractivity contribution in [2.45, 2.75) is 32.9 Å². The number of fused-ring (bicyclic) bond motifs is 1. The summed E-state index contributed by atoms with van der Waals surface area (Å²) in [7, 11) is 0. The third-order valence-electron chi connectivity index (χ3n) is 3.97. The molecule has 2 aromatic heterocycles. The highest BCUT2D eigenvalue weighted by Crippen LogP contribution is 2.24. The summed E-state index contributed by atoms with van der Waals surface area (Å²) >= 11 is 0. The van der Waals surface area contributed by atoms with E-state index in [-0.39, 0.29) is 11.6 Å². The fraction of sp³-hybridized carbons (Fsp3) is 0.400. The molecule has 5 heteroatoms. The number of nitrogens with zero attached hydrogens (tertiary/aromatic N) is 3. The largest absolute Gasteiger partial charge is 0.329 e. The first kappa shape index (κ1) is 13.0. The molecule has 3 rings (SSSR count). The van der Waals surface area contributed by atoms with E-state index in [4.69, 9.17) is 0 Å². The van der Waals surface area contributed by atoms with Gasteiger partial charge in [-0.15, -0.1) is 0 Å². The Labute approximate surface area is 117 Å². The number of nitrogens with one attached hydrogen (secondary N) is 1. The molecule has 0 fully saturated rings. The molecule has 0 saturated carbocycles. The van der Waals surface area contributed by atoms with Crippen molar-refractivity contribution in [3.63, 3.8) is 0 Å². The van der Waals surface area contributed by atoms with Crippen LogP contribution in [0.2, 0.25) is 0 Å². The Morgan fingerprint density at radius 2 is 2.20 bits per heavy atom. The average molecular weight is 270 g/mol. The first-order chi connectivity index (χ1) is 9.65. The lowest BCUT2D eigenvalue weighted by molar-refractivity contribution is 0.187. The van der Waals surface area contributed by atoms with E-state index in [9.17, 15) is 4.79 Å². The number of aromatic amines is 1. The minimum atomic E-state index is 0.0226. The van der Waals surface area contributed by atoms with Crippen LogP contribution in [-0.2, 0) is 13.0 Å². The lowest BCUT2D eigenvalue weighted by Gasteiger charge is -2.32. The van der Waals surface area contributed by atoms with Crippen molar-refractivity contribution >= 4 is 0 Å². The van der Waals surface area contributed by atoms with E-state index in [1.165, 1.54) is 0 Å². The number of aryl methyl sites for hydroxylation is 1. The third kappa shape index (κ3) is 2.36. The zero-order chi connectivity index (χ0) is 14.1. The van der Waals surface area contributed by atoms with Gasteiger partial charge in [0.05, 0.1) is 23.6 Å². The number of H-pyrrole nitrogens is 1. The van der Waals surface area contributed by atoms with E-state index in [1.807, 2.05) is 19.2 Å². The molecule has 2 aromatic rings. The van der Waals surface area contributed by atoms with E-state index in [1.54, 1.807) is 12.4 Å². The van der Waals surface area contributed by atoms with E-state index in [0.29, 0.717) is 6.54 Å². The Morgan fingerprint density at radius 1 is 1.35 bits per heavy atom. The summed E-state index contributed by atoms with van der Waals surface area (Å²) < 4.78 is 0. The van der Waals surface area contributed by atoms with Crippen LogP contribution < -0.4 is 5.56 Å². The Hall–Kier alpha value is -2.01. The highest BCUT2D eigenvalue weighted by Gasteiger charge is 2.24. The SMILES string of the molecule is Cc1cnc(C(C)N2CCc3cc[nH]c(=O)c3C2)cn1. The monoisotopic (exact) mass is 270 g/mol. The Kier molecular flexibility index (Phi) is 3.36. The van der Waals surface area contributed by atoms with E-state index in [0.717, 1.165) is 35.5 Å². The summed E-state index contributed by atoms with van der Waals surface area (Å²) in [6, 6.07) is 2.17. The van der Waals surface area contributed by atoms with Crippen LogP contribution in [0.5, 0.6) is 0 Å². The topological polar surface area (TPSA) is 61.9 Å². The maximum atomic E-state index is 11.9. The summed E-state index contributed by atoms with van der Waals surface area (Å²) in [5.74, 6) is 0. The normalized spacial score (nSPS) is 16.7. The van der Waals surface area contributed by atoms with Crippen molar-refractivity contribution in [2.75, 3.05) is 6.54 Å². The molecule has 0 amide bonds. The Morgan fingerprint density at radius 3 is 2.95 bits per heavy atom. The van der Waals surface area contributed by atoms with Gasteiger partial charge in [-0.25, -0.2) is 0 Å². The predicted molar refractivity (Wildman–Crippen MR) is 76.4 cm³/mol. The molecule has 0 aromatic carbocycles. The molecule has 0 radical (unpaired) electrons. The van der Waals surface area contributed by atoms with Crippen molar-refractivity contribution in [1.82, 2.24) is 19.9 Å². The first-order valence-electron chi connectivity index (χ1n) is 6.87. The van der Waals surface area contributed by atoms with Crippen molar-refractivity contribution < 1.29 is 0 Å². The summed E-state index contributed by atoms with van der Waals surface area (Å²) in [4.78, 5) is 25.7. The molecule has 104 valence electrons. The van der Waals surface area contributed by atoms with Gasteiger partial charge in [0, 0.05) is 31.0 Å². The minimum absolute atomic E-state index is 0.0226. The second-order valence-corrected chi connectivity index (χ2v) is 5.29. The molecule has 1 unspecified atom stereocenters. The fourth-order valence-electron chi connectivity index (χ4n) is 2.64. The van der Waals surface area contributed by atoms with Gasteiger partial charge in [0.2, 0.25) is 0 Å². The summed E-state index contributed by atoms with van der Waals surface area (Å²) in [6.45, 7) is 5.65. The second kappa shape index (κ2) is 5.17. The van der Waals surface area contributed by atoms with E-state index in [2.05, 4.69) is 26.8 Å². The zero-order valence-corrected chi connectivity index (χ0v) is 11.8. The van der Waals surface area contributed by atoms with Crippen molar-refractivity contribution in [3.8, 4) is 0 Å². The number of aromatic nitrogens is 3. The molecule has 1 aliphatic rings. The van der Waals surface area contributed by atoms with E-state index < -0.39 is 0 Å². The Balaban J connectivity index is 1.84. The molecule has 3 heterocycles. The van der Waals surface area contributed by atoms with Gasteiger partial charge >= 0.3 is 0 Å². The van der Waals surface area contributed by atoms with Crippen LogP contribution >= 0.6 is 0 Å². The number of hydrogen-bond donors (Lipinski definition) is 1. The highest BCUT2D eigenvalue weighted by molar-refractivity contribution is 5.26. The van der Waals surface area contributed by atoms with Crippen LogP contribution in [0.25, 0.3) is 0 Å². The predicted octanol–water partition coefficient (Wildman–Crippen LogP) is 1.59. The minimum Gasteiger partial charge on any atom is -0.329 e. The number of rotatable bonds is 2. The van der Waals surface area contributed by atoms with Crippen LogP contribution in [0.15, 0.2) is 29.5 Å². The van der Waals surface area contributed by atoms with Crippen LogP contribution in [0.3, 0.4) is 0 Å². The van der Waals surface area contributed by atoms with Gasteiger partial charge in [0.15, 0.2) is 0 Å². The lowest BCUT2D eigenvalue weighted by Crippen LogP contribution is -2.36. The third-order valence-corrected chi connectivity index (χ3v) is 3.97. The number of pyridine rings is 1. The Bertz CT molecular complexity index is 662. The van der Waals surface area contributed by atoms with Crippen LogP contribution in [0.4, 0.5) is 0 Å². The maximum Gasteiger partial charge on any atom is 0.252 e. The van der Waals surface area contributed by atoms with Crippen molar-refractivity contribution in [1.29, 1.82) is 0 Å². The molecule has 0 spiro atoms. The van der Waals surface area contributed by atoms with Gasteiger partial charge in [0.1, 0.15) is 0 Å². The molecular formula is C15H18N4O. The van der Waals surface area contributed by atoms with E-state index >= 15 is 0 Å². The molecule has 20 heavy (non-hydrogen) atoms. The van der Waals surface area contributed by atoms with Crippen LogP contribution in [0.1, 0.15) is 35.5 Å². The van der Waals surface area contributed by atoms with Crippen LogP contribution in [-0.4, -0.2) is 26.4 Å². The summed E-state index contributed by atoms with van der Waals surface area (Å²) in [6.07, 6.45) is 6.25. The molecule has 0 aliphatic carbocycles. The molecule has 1 N–H and O–H groups in total. The van der Waals surface area contributed by atoms with Crippen molar-refractivity contribution in [2.24, 2.45) is 0 Å². The van der Waals surface area contributed by atoms with Crippen molar-refractivity contribution in [3.05, 3.63) is 57.5 Å². The molecule has 0 bridgehead atoms. The molecule has 1 atom stereocenters. The van der Waals surface area contributed by atoms with Gasteiger partial charge in [-0.3, -0.25) is 19.7 Å². The van der Waals surface area contributed by atoms with Gasteiger partial charge in [0.25, 0.3) is 5.56 Å². The standard InChI is InChI=1S/C15H18N4O/c1-10-7-18-14(8-17-10)11(2)19-6-4-12-3-5-16-15(20)13(12)9-19/h3,5,7-8,11H,4,6,9H2,1-2H3,(H,16,20). The lowest BCUT2D eigenvalue weighted by atomic mass is 10.00. The maximum absolute atomic E-state index is 11.9. The zero-order valence-electron chi connectivity index (χ0n) is 11.8. The highest BCUT2D eigenvalue weighted by atomic mass is 16.1. The van der Waals surface area contributed by atoms with Gasteiger partial charge < -0.3 is 4.98 Å². The van der Waals surface area contributed by atoms with Gasteiger partial charge in [-0.2, -0.15) is 0 Å². The fourth-order valence-corrected chi connectivity index (χ4v) is 2.64. The molecule has 1 aliphatic heterocycles. The first-order valence-corrected chi connectivity index (χ1v) is 6.87. The number of hydrogen-bond acceptors (Lipinski definition) is 4.